The minimum absolute atomic E-state index is 0.0410. The van der Waals surface area contributed by atoms with Crippen LogP contribution in [0, 0.1) is 0 Å². The largest absolute Gasteiger partial charge is 0.338 e. The van der Waals surface area contributed by atoms with Crippen LogP contribution in [0.4, 0.5) is 5.69 Å². The molecule has 0 saturated carbocycles. The van der Waals surface area contributed by atoms with Crippen LogP contribution in [-0.2, 0) is 27.5 Å². The molecule has 4 rings (SSSR count). The zero-order chi connectivity index (χ0) is 17.1. The lowest BCUT2D eigenvalue weighted by Crippen LogP contribution is -2.38. The van der Waals surface area contributed by atoms with E-state index in [-0.39, 0.29) is 29.4 Å². The first kappa shape index (κ1) is 15.6. The van der Waals surface area contributed by atoms with E-state index in [1.807, 2.05) is 17.0 Å². The lowest BCUT2D eigenvalue weighted by Gasteiger charge is -2.27. The van der Waals surface area contributed by atoms with E-state index in [9.17, 15) is 18.0 Å². The Hall–Kier alpha value is -1.89. The Kier molecular flexibility index (Phi) is 3.46. The maximum atomic E-state index is 12.8. The van der Waals surface area contributed by atoms with Crippen LogP contribution >= 0.6 is 0 Å². The summed E-state index contributed by atoms with van der Waals surface area (Å²) >= 11 is 0. The number of rotatable bonds is 2. The van der Waals surface area contributed by atoms with Crippen molar-refractivity contribution < 1.29 is 18.0 Å². The number of carbonyl (C=O) groups is 2. The summed E-state index contributed by atoms with van der Waals surface area (Å²) in [7, 11) is -1.36. The third-order valence-corrected chi connectivity index (χ3v) is 7.08. The van der Waals surface area contributed by atoms with E-state index in [4.69, 9.17) is 0 Å². The Bertz CT molecular complexity index is 846. The van der Waals surface area contributed by atoms with Gasteiger partial charge in [-0.15, -0.1) is 0 Å². The first-order valence-corrected chi connectivity index (χ1v) is 10.1. The second kappa shape index (κ2) is 5.31. The molecule has 1 aromatic carbocycles. The van der Waals surface area contributed by atoms with E-state index in [1.54, 1.807) is 11.9 Å². The van der Waals surface area contributed by atoms with Crippen LogP contribution in [0.25, 0.3) is 0 Å². The second-order valence-corrected chi connectivity index (χ2v) is 9.17. The lowest BCUT2D eigenvalue weighted by molar-refractivity contribution is -0.117. The zero-order valence-corrected chi connectivity index (χ0v) is 14.4. The Balaban J connectivity index is 1.65. The average molecular weight is 348 g/mol. The average Bonchev–Trinajstić information content (AvgIpc) is 3.07. The maximum Gasteiger partial charge on any atom is 0.253 e. The molecule has 0 N–H and O–H groups in total. The first-order chi connectivity index (χ1) is 11.4. The van der Waals surface area contributed by atoms with Crippen molar-refractivity contribution in [3.63, 3.8) is 0 Å². The molecular weight excluding hydrogens is 328 g/mol. The van der Waals surface area contributed by atoms with Crippen molar-refractivity contribution in [3.8, 4) is 0 Å². The highest BCUT2D eigenvalue weighted by molar-refractivity contribution is 7.91. The number of amides is 2. The first-order valence-electron chi connectivity index (χ1n) is 8.29. The topological polar surface area (TPSA) is 74.8 Å². The molecule has 1 saturated heterocycles. The molecule has 1 aromatic rings. The number of sulfone groups is 1. The third-order valence-electron chi connectivity index (χ3n) is 5.33. The van der Waals surface area contributed by atoms with Gasteiger partial charge in [0.25, 0.3) is 5.91 Å². The van der Waals surface area contributed by atoms with Crippen LogP contribution < -0.4 is 4.90 Å². The van der Waals surface area contributed by atoms with E-state index in [1.165, 1.54) is 0 Å². The molecule has 3 aliphatic heterocycles. The van der Waals surface area contributed by atoms with Gasteiger partial charge in [0.1, 0.15) is 0 Å². The summed E-state index contributed by atoms with van der Waals surface area (Å²) in [5, 5.41) is 0. The Labute approximate surface area is 141 Å². The molecule has 24 heavy (non-hydrogen) atoms. The summed E-state index contributed by atoms with van der Waals surface area (Å²) < 4.78 is 23.3. The molecule has 3 aliphatic rings. The minimum Gasteiger partial charge on any atom is -0.338 e. The monoisotopic (exact) mass is 348 g/mol. The van der Waals surface area contributed by atoms with Crippen molar-refractivity contribution in [3.05, 3.63) is 28.8 Å². The molecule has 3 heterocycles. The van der Waals surface area contributed by atoms with E-state index < -0.39 is 9.84 Å². The quantitative estimate of drug-likeness (QED) is 0.792. The van der Waals surface area contributed by atoms with Crippen molar-refractivity contribution in [2.45, 2.75) is 31.7 Å². The summed E-state index contributed by atoms with van der Waals surface area (Å²) in [5.74, 6) is 0.131. The number of benzene rings is 1. The number of hydrogen-bond donors (Lipinski definition) is 0. The third kappa shape index (κ3) is 2.42. The fourth-order valence-corrected chi connectivity index (χ4v) is 5.83. The van der Waals surface area contributed by atoms with Gasteiger partial charge in [-0.1, -0.05) is 0 Å². The molecule has 1 fully saturated rings. The van der Waals surface area contributed by atoms with Gasteiger partial charge in [0.05, 0.1) is 23.6 Å². The van der Waals surface area contributed by atoms with Crippen LogP contribution in [0.1, 0.15) is 34.3 Å². The fraction of sp³-hybridized carbons (Fsp3) is 0.529. The highest BCUT2D eigenvalue weighted by Crippen LogP contribution is 2.37. The van der Waals surface area contributed by atoms with E-state index in [2.05, 4.69) is 0 Å². The SMILES string of the molecule is CN(C(=O)c1cc2c3c(c1)CC(=O)N3CCC2)C1CCS(=O)(=O)C1. The fourth-order valence-electron chi connectivity index (χ4n) is 4.05. The van der Waals surface area contributed by atoms with Gasteiger partial charge >= 0.3 is 0 Å². The molecular formula is C17H20N2O4S. The molecule has 128 valence electrons. The van der Waals surface area contributed by atoms with Crippen LogP contribution in [0.3, 0.4) is 0 Å². The van der Waals surface area contributed by atoms with Gasteiger partial charge in [0.15, 0.2) is 9.84 Å². The number of carbonyl (C=O) groups excluding carboxylic acids is 2. The van der Waals surface area contributed by atoms with Gasteiger partial charge in [0.2, 0.25) is 5.91 Å². The van der Waals surface area contributed by atoms with Gasteiger partial charge in [-0.25, -0.2) is 8.42 Å². The smallest absolute Gasteiger partial charge is 0.253 e. The Morgan fingerprint density at radius 3 is 2.75 bits per heavy atom. The number of anilines is 1. The van der Waals surface area contributed by atoms with Crippen molar-refractivity contribution in [2.24, 2.45) is 0 Å². The molecule has 0 radical (unpaired) electrons. The summed E-state index contributed by atoms with van der Waals surface area (Å²) in [4.78, 5) is 28.3. The van der Waals surface area contributed by atoms with E-state index in [0.717, 1.165) is 36.2 Å². The van der Waals surface area contributed by atoms with Crippen molar-refractivity contribution in [2.75, 3.05) is 30.0 Å². The minimum atomic E-state index is -3.03. The molecule has 1 unspecified atom stereocenters. The highest BCUT2D eigenvalue weighted by atomic mass is 32.2. The maximum absolute atomic E-state index is 12.8. The molecule has 1 atom stereocenters. The number of nitrogens with zero attached hydrogens (tertiary/aromatic N) is 2. The van der Waals surface area contributed by atoms with Gasteiger partial charge in [-0.05, 0) is 42.5 Å². The Morgan fingerprint density at radius 1 is 1.29 bits per heavy atom. The van der Waals surface area contributed by atoms with Gasteiger partial charge in [-0.3, -0.25) is 9.59 Å². The summed E-state index contributed by atoms with van der Waals surface area (Å²) in [6.07, 6.45) is 2.63. The van der Waals surface area contributed by atoms with Gasteiger partial charge < -0.3 is 9.80 Å². The predicted molar refractivity (Wildman–Crippen MR) is 90.0 cm³/mol. The van der Waals surface area contributed by atoms with Crippen molar-refractivity contribution >= 4 is 27.3 Å². The Morgan fingerprint density at radius 2 is 2.04 bits per heavy atom. The van der Waals surface area contributed by atoms with Crippen LogP contribution in [0.5, 0.6) is 0 Å². The highest BCUT2D eigenvalue weighted by Gasteiger charge is 2.36. The van der Waals surface area contributed by atoms with Crippen molar-refractivity contribution in [1.82, 2.24) is 4.90 Å². The standard InChI is InChI=1S/C17H20N2O4S/c1-18(14-4-6-24(22,23)10-14)17(21)13-7-11-3-2-5-19-15(20)9-12(8-13)16(11)19/h7-8,14H,2-6,9-10H2,1H3. The summed E-state index contributed by atoms with van der Waals surface area (Å²) in [6.45, 7) is 0.756. The second-order valence-electron chi connectivity index (χ2n) is 6.94. The molecule has 0 bridgehead atoms. The summed E-state index contributed by atoms with van der Waals surface area (Å²) in [6, 6.07) is 3.43. The van der Waals surface area contributed by atoms with Crippen LogP contribution in [0.2, 0.25) is 0 Å². The molecule has 0 spiro atoms. The molecule has 0 aromatic heterocycles. The lowest BCUT2D eigenvalue weighted by atomic mass is 9.96. The molecule has 2 amide bonds. The molecule has 7 heteroatoms. The summed E-state index contributed by atoms with van der Waals surface area (Å²) in [5.41, 5.74) is 3.54. The number of hydrogen-bond acceptors (Lipinski definition) is 4. The molecule has 6 nitrogen and oxygen atoms in total. The van der Waals surface area contributed by atoms with Crippen LogP contribution in [0.15, 0.2) is 12.1 Å². The van der Waals surface area contributed by atoms with Crippen LogP contribution in [-0.4, -0.2) is 56.3 Å². The van der Waals surface area contributed by atoms with E-state index >= 15 is 0 Å². The number of aryl methyl sites for hydroxylation is 1. The molecule has 0 aliphatic carbocycles. The predicted octanol–water partition coefficient (Wildman–Crippen LogP) is 0.781. The normalized spacial score (nSPS) is 24.1. The van der Waals surface area contributed by atoms with Gasteiger partial charge in [-0.2, -0.15) is 0 Å². The van der Waals surface area contributed by atoms with E-state index in [0.29, 0.717) is 18.4 Å². The van der Waals surface area contributed by atoms with Gasteiger partial charge in [0, 0.05) is 25.2 Å². The van der Waals surface area contributed by atoms with Crippen molar-refractivity contribution in [1.29, 1.82) is 0 Å². The zero-order valence-electron chi connectivity index (χ0n) is 13.6.